The largest absolute Gasteiger partial charge is 0.490 e. The first-order valence-corrected chi connectivity index (χ1v) is 13.3. The normalized spacial score (nSPS) is 12.2. The van der Waals surface area contributed by atoms with E-state index >= 15 is 0 Å². The summed E-state index contributed by atoms with van der Waals surface area (Å²) in [4.78, 5) is 39.4. The Kier molecular flexibility index (Phi) is 10.9. The fourth-order valence-electron chi connectivity index (χ4n) is 3.91. The monoisotopic (exact) mass is 597 g/mol. The lowest BCUT2D eigenvalue weighted by atomic mass is 10.0. The van der Waals surface area contributed by atoms with Crippen LogP contribution in [0.1, 0.15) is 31.4 Å². The molecule has 10 heteroatoms. The molecular weight excluding hydrogens is 566 g/mol. The molecule has 0 fully saturated rings. The van der Waals surface area contributed by atoms with E-state index in [4.69, 9.17) is 9.47 Å². The second-order valence-corrected chi connectivity index (χ2v) is 9.97. The Morgan fingerprint density at radius 3 is 2.36 bits per heavy atom. The van der Waals surface area contributed by atoms with Crippen LogP contribution in [0.25, 0.3) is 0 Å². The average Bonchev–Trinajstić information content (AvgIpc) is 2.94. The third kappa shape index (κ3) is 8.54. The standard InChI is InChI=1S/C29H32BrN3O6/c1-4-20(2)31-29(35)26(16-21-8-6-5-7-9-21)32(18-22-10-12-23(30)13-11-22)28(34)19-39-24-14-15-25(33(36)37)27(17-24)38-3/h5-15,17,20,26H,4,16,18-19H2,1-3H3,(H,31,35)/t20-,26+/m0/s1. The maximum atomic E-state index is 13.7. The number of nitrogens with zero attached hydrogens (tertiary/aromatic N) is 2. The maximum Gasteiger partial charge on any atom is 0.311 e. The van der Waals surface area contributed by atoms with E-state index in [-0.39, 0.29) is 42.3 Å². The predicted molar refractivity (Wildman–Crippen MR) is 152 cm³/mol. The van der Waals surface area contributed by atoms with E-state index in [2.05, 4.69) is 21.2 Å². The van der Waals surface area contributed by atoms with Crippen LogP contribution >= 0.6 is 15.9 Å². The van der Waals surface area contributed by atoms with Crippen LogP contribution in [0.4, 0.5) is 5.69 Å². The first-order chi connectivity index (χ1) is 18.7. The summed E-state index contributed by atoms with van der Waals surface area (Å²) >= 11 is 3.43. The number of nitro groups is 1. The number of benzene rings is 3. The summed E-state index contributed by atoms with van der Waals surface area (Å²) in [5.74, 6) is -0.407. The minimum atomic E-state index is -0.799. The smallest absolute Gasteiger partial charge is 0.311 e. The van der Waals surface area contributed by atoms with Crippen molar-refractivity contribution in [2.45, 2.75) is 45.3 Å². The van der Waals surface area contributed by atoms with Crippen molar-refractivity contribution in [2.75, 3.05) is 13.7 Å². The second kappa shape index (κ2) is 14.3. The van der Waals surface area contributed by atoms with Crippen molar-refractivity contribution in [1.29, 1.82) is 0 Å². The van der Waals surface area contributed by atoms with Crippen LogP contribution in [0.2, 0.25) is 0 Å². The quantitative estimate of drug-likeness (QED) is 0.211. The molecule has 3 aromatic carbocycles. The lowest BCUT2D eigenvalue weighted by Gasteiger charge is -2.32. The number of ether oxygens (including phenoxy) is 2. The molecule has 2 atom stereocenters. The number of amides is 2. The molecule has 2 amide bonds. The fourth-order valence-corrected chi connectivity index (χ4v) is 4.17. The third-order valence-electron chi connectivity index (χ3n) is 6.25. The van der Waals surface area contributed by atoms with E-state index in [9.17, 15) is 19.7 Å². The van der Waals surface area contributed by atoms with Gasteiger partial charge in [0.25, 0.3) is 5.91 Å². The van der Waals surface area contributed by atoms with Crippen molar-refractivity contribution in [3.8, 4) is 11.5 Å². The Morgan fingerprint density at radius 1 is 1.05 bits per heavy atom. The molecule has 0 aliphatic heterocycles. The van der Waals surface area contributed by atoms with E-state index < -0.39 is 16.9 Å². The van der Waals surface area contributed by atoms with Crippen LogP contribution in [0, 0.1) is 10.1 Å². The Bertz CT molecular complexity index is 1270. The van der Waals surface area contributed by atoms with Crippen molar-refractivity contribution in [2.24, 2.45) is 0 Å². The molecule has 0 saturated carbocycles. The fraction of sp³-hybridized carbons (Fsp3) is 0.310. The summed E-state index contributed by atoms with van der Waals surface area (Å²) in [6.45, 7) is 3.71. The molecule has 1 N–H and O–H groups in total. The van der Waals surface area contributed by atoms with Gasteiger partial charge in [0.1, 0.15) is 11.8 Å². The van der Waals surface area contributed by atoms with Gasteiger partial charge in [0, 0.05) is 35.6 Å². The lowest BCUT2D eigenvalue weighted by molar-refractivity contribution is -0.385. The molecule has 9 nitrogen and oxygen atoms in total. The van der Waals surface area contributed by atoms with E-state index in [0.717, 1.165) is 22.0 Å². The zero-order valence-corrected chi connectivity index (χ0v) is 23.7. The number of nitrogens with one attached hydrogen (secondary N) is 1. The Hall–Kier alpha value is -3.92. The molecule has 39 heavy (non-hydrogen) atoms. The minimum Gasteiger partial charge on any atom is -0.490 e. The zero-order chi connectivity index (χ0) is 28.4. The van der Waals surface area contributed by atoms with Gasteiger partial charge in [-0.3, -0.25) is 19.7 Å². The molecule has 0 aliphatic rings. The average molecular weight is 598 g/mol. The van der Waals surface area contributed by atoms with Gasteiger partial charge in [-0.05, 0) is 42.7 Å². The van der Waals surface area contributed by atoms with Gasteiger partial charge in [0.2, 0.25) is 11.7 Å². The van der Waals surface area contributed by atoms with Crippen LogP contribution < -0.4 is 14.8 Å². The van der Waals surface area contributed by atoms with E-state index in [0.29, 0.717) is 6.42 Å². The number of nitro benzene ring substituents is 1. The number of carbonyl (C=O) groups is 2. The maximum absolute atomic E-state index is 13.7. The SMILES string of the molecule is CC[C@H](C)NC(=O)[C@@H](Cc1ccccc1)N(Cc1ccc(Br)cc1)C(=O)COc1ccc([N+](=O)[O-])c(OC)c1. The highest BCUT2D eigenvalue weighted by atomic mass is 79.9. The first kappa shape index (κ1) is 29.6. The van der Waals surface area contributed by atoms with Gasteiger partial charge in [-0.25, -0.2) is 0 Å². The topological polar surface area (TPSA) is 111 Å². The second-order valence-electron chi connectivity index (χ2n) is 9.05. The van der Waals surface area contributed by atoms with Gasteiger partial charge < -0.3 is 19.7 Å². The Morgan fingerprint density at radius 2 is 1.74 bits per heavy atom. The highest BCUT2D eigenvalue weighted by Gasteiger charge is 2.31. The lowest BCUT2D eigenvalue weighted by Crippen LogP contribution is -2.53. The van der Waals surface area contributed by atoms with E-state index in [1.165, 1.54) is 30.2 Å². The highest BCUT2D eigenvalue weighted by Crippen LogP contribution is 2.31. The van der Waals surface area contributed by atoms with Crippen molar-refractivity contribution in [1.82, 2.24) is 10.2 Å². The number of hydrogen-bond acceptors (Lipinski definition) is 6. The summed E-state index contributed by atoms with van der Waals surface area (Å²) in [6.07, 6.45) is 1.06. The van der Waals surface area contributed by atoms with Crippen LogP contribution in [0.5, 0.6) is 11.5 Å². The van der Waals surface area contributed by atoms with E-state index in [1.54, 1.807) is 0 Å². The molecule has 0 aliphatic carbocycles. The third-order valence-corrected chi connectivity index (χ3v) is 6.78. The first-order valence-electron chi connectivity index (χ1n) is 12.5. The van der Waals surface area contributed by atoms with Gasteiger partial charge in [0.05, 0.1) is 12.0 Å². The number of hydrogen-bond donors (Lipinski definition) is 1. The molecule has 0 unspecified atom stereocenters. The van der Waals surface area contributed by atoms with Crippen molar-refractivity contribution >= 4 is 33.4 Å². The molecule has 3 rings (SSSR count). The summed E-state index contributed by atoms with van der Waals surface area (Å²) in [5.41, 5.74) is 1.55. The van der Waals surface area contributed by atoms with Gasteiger partial charge in [-0.1, -0.05) is 65.3 Å². The van der Waals surface area contributed by atoms with E-state index in [1.807, 2.05) is 68.4 Å². The molecule has 0 radical (unpaired) electrons. The van der Waals surface area contributed by atoms with Gasteiger partial charge in [0.15, 0.2) is 6.61 Å². The molecule has 0 saturated heterocycles. The van der Waals surface area contributed by atoms with Gasteiger partial charge >= 0.3 is 5.69 Å². The predicted octanol–water partition coefficient (Wildman–Crippen LogP) is 5.30. The van der Waals surface area contributed by atoms with Crippen LogP contribution in [0.3, 0.4) is 0 Å². The number of methoxy groups -OCH3 is 1. The minimum absolute atomic E-state index is 0.0200. The van der Waals surface area contributed by atoms with Crippen molar-refractivity contribution in [3.05, 3.63) is 98.5 Å². The summed E-state index contributed by atoms with van der Waals surface area (Å²) < 4.78 is 11.7. The van der Waals surface area contributed by atoms with Crippen LogP contribution in [0.15, 0.2) is 77.3 Å². The molecule has 0 aromatic heterocycles. The van der Waals surface area contributed by atoms with Crippen LogP contribution in [-0.2, 0) is 22.6 Å². The molecular formula is C29H32BrN3O6. The van der Waals surface area contributed by atoms with Crippen molar-refractivity contribution in [3.63, 3.8) is 0 Å². The summed E-state index contributed by atoms with van der Waals surface area (Å²) in [6, 6.07) is 20.2. The molecule has 206 valence electrons. The Labute approximate surface area is 236 Å². The highest BCUT2D eigenvalue weighted by molar-refractivity contribution is 9.10. The van der Waals surface area contributed by atoms with Crippen LogP contribution in [-0.4, -0.2) is 47.4 Å². The number of rotatable bonds is 13. The number of carbonyl (C=O) groups excluding carboxylic acids is 2. The number of halogens is 1. The van der Waals surface area contributed by atoms with Gasteiger partial charge in [-0.2, -0.15) is 0 Å². The Balaban J connectivity index is 1.91. The molecule has 0 bridgehead atoms. The molecule has 3 aromatic rings. The summed E-state index contributed by atoms with van der Waals surface area (Å²) in [7, 11) is 1.32. The zero-order valence-electron chi connectivity index (χ0n) is 22.1. The van der Waals surface area contributed by atoms with Crippen molar-refractivity contribution < 1.29 is 24.0 Å². The molecule has 0 heterocycles. The summed E-state index contributed by atoms with van der Waals surface area (Å²) in [5, 5.41) is 14.2. The molecule has 0 spiro atoms. The van der Waals surface area contributed by atoms with Gasteiger partial charge in [-0.15, -0.1) is 0 Å².